The Morgan fingerprint density at radius 1 is 1.21 bits per heavy atom. The van der Waals surface area contributed by atoms with Crippen molar-refractivity contribution in [1.29, 1.82) is 0 Å². The van der Waals surface area contributed by atoms with Gasteiger partial charge in [0.15, 0.2) is 0 Å². The third-order valence-electron chi connectivity index (χ3n) is 2.55. The second kappa shape index (κ2) is 7.95. The second-order valence-electron chi connectivity index (χ2n) is 4.09. The van der Waals surface area contributed by atoms with Crippen LogP contribution >= 0.6 is 0 Å². The molecule has 1 rings (SSSR count). The lowest BCUT2D eigenvalue weighted by Gasteiger charge is -2.06. The average molecular weight is 281 g/mol. The Balaban J connectivity index is 2.68. The molecule has 0 atom stereocenters. The summed E-state index contributed by atoms with van der Waals surface area (Å²) >= 11 is 0. The number of rotatable bonds is 6. The van der Waals surface area contributed by atoms with Gasteiger partial charge in [-0.1, -0.05) is 31.6 Å². The van der Waals surface area contributed by atoms with Gasteiger partial charge in [0, 0.05) is 12.1 Å². The lowest BCUT2D eigenvalue weighted by atomic mass is 10.2. The number of benzene rings is 1. The zero-order chi connectivity index (χ0) is 14.1. The molecule has 0 amide bonds. The summed E-state index contributed by atoms with van der Waals surface area (Å²) in [5.41, 5.74) is 0.680. The first-order valence-electron chi connectivity index (χ1n) is 6.29. The highest BCUT2D eigenvalue weighted by Gasteiger charge is 2.12. The molecular weight excluding hydrogens is 262 g/mol. The third kappa shape index (κ3) is 5.43. The summed E-state index contributed by atoms with van der Waals surface area (Å²) in [5, 5.41) is 8.57. The van der Waals surface area contributed by atoms with Gasteiger partial charge in [-0.15, -0.1) is 0 Å². The first-order valence-corrected chi connectivity index (χ1v) is 7.78. The van der Waals surface area contributed by atoms with Gasteiger partial charge in [-0.2, -0.15) is 0 Å². The molecule has 0 bridgehead atoms. The van der Waals surface area contributed by atoms with E-state index in [2.05, 4.69) is 23.5 Å². The van der Waals surface area contributed by atoms with Crippen molar-refractivity contribution < 1.29 is 13.5 Å². The van der Waals surface area contributed by atoms with Crippen LogP contribution < -0.4 is 4.72 Å². The lowest BCUT2D eigenvalue weighted by molar-refractivity contribution is 0.350. The van der Waals surface area contributed by atoms with E-state index in [1.54, 1.807) is 12.1 Å². The molecule has 0 heterocycles. The fraction of sp³-hybridized carbons (Fsp3) is 0.429. The molecule has 0 saturated heterocycles. The minimum atomic E-state index is -3.43. The normalized spacial score (nSPS) is 10.8. The van der Waals surface area contributed by atoms with Gasteiger partial charge in [0.25, 0.3) is 0 Å². The first-order chi connectivity index (χ1) is 9.10. The highest BCUT2D eigenvalue weighted by atomic mass is 32.2. The van der Waals surface area contributed by atoms with Crippen LogP contribution in [0, 0.1) is 11.8 Å². The Morgan fingerprint density at radius 2 is 1.89 bits per heavy atom. The summed E-state index contributed by atoms with van der Waals surface area (Å²) < 4.78 is 26.4. The monoisotopic (exact) mass is 281 g/mol. The Kier molecular flexibility index (Phi) is 6.57. The molecule has 0 spiro atoms. The molecule has 1 aromatic rings. The number of aliphatic hydroxyl groups is 1. The number of unbranched alkanes of at least 4 members (excludes halogenated alkanes) is 2. The van der Waals surface area contributed by atoms with Crippen molar-refractivity contribution in [1.82, 2.24) is 4.72 Å². The van der Waals surface area contributed by atoms with Crippen LogP contribution in [0.4, 0.5) is 0 Å². The van der Waals surface area contributed by atoms with Crippen LogP contribution in [0.5, 0.6) is 0 Å². The molecule has 19 heavy (non-hydrogen) atoms. The molecule has 0 fully saturated rings. The predicted molar refractivity (Wildman–Crippen MR) is 75.1 cm³/mol. The van der Waals surface area contributed by atoms with Crippen molar-refractivity contribution in [2.75, 3.05) is 13.2 Å². The van der Waals surface area contributed by atoms with E-state index in [-0.39, 0.29) is 11.5 Å². The quantitative estimate of drug-likeness (QED) is 0.613. The van der Waals surface area contributed by atoms with E-state index in [0.717, 1.165) is 19.3 Å². The average Bonchev–Trinajstić information content (AvgIpc) is 2.42. The molecule has 0 radical (unpaired) electrons. The van der Waals surface area contributed by atoms with Crippen LogP contribution in [0.3, 0.4) is 0 Å². The maximum Gasteiger partial charge on any atom is 0.240 e. The molecule has 0 aliphatic carbocycles. The topological polar surface area (TPSA) is 66.4 Å². The van der Waals surface area contributed by atoms with Gasteiger partial charge >= 0.3 is 0 Å². The number of nitrogens with one attached hydrogen (secondary N) is 1. The highest BCUT2D eigenvalue weighted by Crippen LogP contribution is 2.10. The first kappa shape index (κ1) is 15.7. The van der Waals surface area contributed by atoms with Crippen molar-refractivity contribution in [3.05, 3.63) is 29.8 Å². The Hall–Kier alpha value is -1.35. The molecule has 0 unspecified atom stereocenters. The van der Waals surface area contributed by atoms with E-state index >= 15 is 0 Å². The molecule has 104 valence electrons. The minimum Gasteiger partial charge on any atom is -0.384 e. The molecule has 0 aliphatic heterocycles. The van der Waals surface area contributed by atoms with Crippen LogP contribution in [0.1, 0.15) is 31.7 Å². The smallest absolute Gasteiger partial charge is 0.240 e. The zero-order valence-corrected chi connectivity index (χ0v) is 11.8. The summed E-state index contributed by atoms with van der Waals surface area (Å²) in [6.45, 7) is 2.32. The predicted octanol–water partition coefficient (Wildman–Crippen LogP) is 1.50. The van der Waals surface area contributed by atoms with Gasteiger partial charge in [-0.3, -0.25) is 0 Å². The van der Waals surface area contributed by atoms with Crippen molar-refractivity contribution in [3.8, 4) is 11.8 Å². The molecular formula is C14H19NO3S. The van der Waals surface area contributed by atoms with Gasteiger partial charge in [0.2, 0.25) is 10.0 Å². The Labute approximate surface area is 114 Å². The van der Waals surface area contributed by atoms with Crippen LogP contribution in [0.2, 0.25) is 0 Å². The van der Waals surface area contributed by atoms with E-state index in [1.807, 2.05) is 0 Å². The second-order valence-corrected chi connectivity index (χ2v) is 5.86. The van der Waals surface area contributed by atoms with Gasteiger partial charge < -0.3 is 5.11 Å². The van der Waals surface area contributed by atoms with Crippen LogP contribution in [0.25, 0.3) is 0 Å². The highest BCUT2D eigenvalue weighted by molar-refractivity contribution is 7.89. The van der Waals surface area contributed by atoms with Crippen LogP contribution in [-0.2, 0) is 10.0 Å². The maximum absolute atomic E-state index is 11.9. The molecule has 5 heteroatoms. The van der Waals surface area contributed by atoms with Gasteiger partial charge in [0.1, 0.15) is 6.61 Å². The summed E-state index contributed by atoms with van der Waals surface area (Å²) in [4.78, 5) is 0.235. The van der Waals surface area contributed by atoms with Crippen molar-refractivity contribution >= 4 is 10.0 Å². The lowest BCUT2D eigenvalue weighted by Crippen LogP contribution is -2.24. The van der Waals surface area contributed by atoms with E-state index in [4.69, 9.17) is 5.11 Å². The molecule has 1 aromatic carbocycles. The maximum atomic E-state index is 11.9. The fourth-order valence-corrected chi connectivity index (χ4v) is 2.60. The van der Waals surface area contributed by atoms with Crippen molar-refractivity contribution in [2.24, 2.45) is 0 Å². The number of aliphatic hydroxyl groups excluding tert-OH is 1. The van der Waals surface area contributed by atoms with Gasteiger partial charge in [-0.05, 0) is 30.7 Å². The number of sulfonamides is 1. The summed E-state index contributed by atoms with van der Waals surface area (Å²) in [7, 11) is -3.43. The number of hydrogen-bond donors (Lipinski definition) is 2. The van der Waals surface area contributed by atoms with Gasteiger partial charge in [0.05, 0.1) is 4.90 Å². The molecule has 2 N–H and O–H groups in total. The Bertz CT molecular complexity index is 538. The number of hydrogen-bond acceptors (Lipinski definition) is 3. The van der Waals surface area contributed by atoms with Crippen LogP contribution in [0.15, 0.2) is 29.2 Å². The SMILES string of the molecule is CCCCCNS(=O)(=O)c1ccc(C#CCO)cc1. The zero-order valence-electron chi connectivity index (χ0n) is 11.0. The summed E-state index contributed by atoms with van der Waals surface area (Å²) in [6.07, 6.45) is 2.91. The van der Waals surface area contributed by atoms with E-state index in [1.165, 1.54) is 12.1 Å². The standard InChI is InChI=1S/C14H19NO3S/c1-2-3-4-11-15-19(17,18)14-9-7-13(8-10-14)6-5-12-16/h7-10,15-16H,2-4,11-12H2,1H3. The Morgan fingerprint density at radius 3 is 2.47 bits per heavy atom. The summed E-state index contributed by atoms with van der Waals surface area (Å²) in [6, 6.07) is 6.29. The van der Waals surface area contributed by atoms with Crippen molar-refractivity contribution in [3.63, 3.8) is 0 Å². The largest absolute Gasteiger partial charge is 0.384 e. The fourth-order valence-electron chi connectivity index (χ4n) is 1.52. The molecule has 0 saturated carbocycles. The minimum absolute atomic E-state index is 0.209. The van der Waals surface area contributed by atoms with E-state index < -0.39 is 10.0 Å². The van der Waals surface area contributed by atoms with E-state index in [9.17, 15) is 8.42 Å². The van der Waals surface area contributed by atoms with E-state index in [0.29, 0.717) is 12.1 Å². The molecule has 4 nitrogen and oxygen atoms in total. The van der Waals surface area contributed by atoms with Gasteiger partial charge in [-0.25, -0.2) is 13.1 Å². The third-order valence-corrected chi connectivity index (χ3v) is 4.03. The van der Waals surface area contributed by atoms with Crippen LogP contribution in [-0.4, -0.2) is 26.7 Å². The molecule has 0 aliphatic rings. The van der Waals surface area contributed by atoms with Crippen molar-refractivity contribution in [2.45, 2.75) is 31.1 Å². The molecule has 0 aromatic heterocycles. The summed E-state index contributed by atoms with van der Waals surface area (Å²) in [5.74, 6) is 5.23.